The average Bonchev–Trinajstić information content (AvgIpc) is 2.48. The van der Waals surface area contributed by atoms with Crippen molar-refractivity contribution in [1.29, 1.82) is 0 Å². The summed E-state index contributed by atoms with van der Waals surface area (Å²) < 4.78 is 44.0. The third kappa shape index (κ3) is 3.41. The standard InChI is InChI=1S/C15H19F3N2O2/c1-10-2-3-11(8-12(10)15(16,17)18)20-13(21)14(9-19)4-6-22-7-5-14/h2-3,8H,4-7,9,19H2,1H3,(H,20,21). The number of halogens is 3. The summed E-state index contributed by atoms with van der Waals surface area (Å²) in [4.78, 5) is 12.4. The predicted octanol–water partition coefficient (Wildman–Crippen LogP) is 2.71. The van der Waals surface area contributed by atoms with Crippen molar-refractivity contribution in [2.24, 2.45) is 11.1 Å². The van der Waals surface area contributed by atoms with Gasteiger partial charge in [0.1, 0.15) is 0 Å². The summed E-state index contributed by atoms with van der Waals surface area (Å²) >= 11 is 0. The maximum Gasteiger partial charge on any atom is 0.416 e. The van der Waals surface area contributed by atoms with Gasteiger partial charge in [0.05, 0.1) is 11.0 Å². The number of anilines is 1. The Morgan fingerprint density at radius 1 is 1.36 bits per heavy atom. The van der Waals surface area contributed by atoms with Gasteiger partial charge in [-0.2, -0.15) is 13.2 Å². The molecule has 3 N–H and O–H groups in total. The van der Waals surface area contributed by atoms with Crippen molar-refractivity contribution in [1.82, 2.24) is 0 Å². The van der Waals surface area contributed by atoms with Crippen molar-refractivity contribution in [3.05, 3.63) is 29.3 Å². The average molecular weight is 316 g/mol. The topological polar surface area (TPSA) is 64.4 Å². The molecule has 0 radical (unpaired) electrons. The number of aryl methyl sites for hydroxylation is 1. The van der Waals surface area contributed by atoms with Gasteiger partial charge in [0.2, 0.25) is 5.91 Å². The van der Waals surface area contributed by atoms with Crippen LogP contribution in [0.3, 0.4) is 0 Å². The van der Waals surface area contributed by atoms with E-state index in [2.05, 4.69) is 5.32 Å². The number of nitrogens with one attached hydrogen (secondary N) is 1. The second kappa shape index (κ2) is 6.26. The van der Waals surface area contributed by atoms with E-state index in [1.165, 1.54) is 19.1 Å². The molecule has 1 aromatic carbocycles. The molecule has 1 saturated heterocycles. The van der Waals surface area contributed by atoms with E-state index < -0.39 is 17.2 Å². The number of benzene rings is 1. The number of carbonyl (C=O) groups is 1. The third-order valence-electron chi connectivity index (χ3n) is 4.12. The summed E-state index contributed by atoms with van der Waals surface area (Å²) in [6.07, 6.45) is -3.52. The van der Waals surface area contributed by atoms with Crippen LogP contribution in [0.1, 0.15) is 24.0 Å². The zero-order chi connectivity index (χ0) is 16.4. The molecule has 122 valence electrons. The molecule has 2 rings (SSSR count). The van der Waals surface area contributed by atoms with E-state index in [4.69, 9.17) is 10.5 Å². The van der Waals surface area contributed by atoms with Crippen LogP contribution in [0.2, 0.25) is 0 Å². The van der Waals surface area contributed by atoms with E-state index in [0.29, 0.717) is 26.1 Å². The van der Waals surface area contributed by atoms with Gasteiger partial charge in [-0.25, -0.2) is 0 Å². The molecule has 1 amide bonds. The molecule has 0 unspecified atom stereocenters. The molecule has 1 aliphatic heterocycles. The van der Waals surface area contributed by atoms with Crippen LogP contribution in [-0.4, -0.2) is 25.7 Å². The van der Waals surface area contributed by atoms with Crippen molar-refractivity contribution >= 4 is 11.6 Å². The van der Waals surface area contributed by atoms with Crippen molar-refractivity contribution < 1.29 is 22.7 Å². The number of ether oxygens (including phenoxy) is 1. The lowest BCUT2D eigenvalue weighted by molar-refractivity contribution is -0.138. The Morgan fingerprint density at radius 2 is 2.00 bits per heavy atom. The van der Waals surface area contributed by atoms with Crippen LogP contribution >= 0.6 is 0 Å². The number of amides is 1. The van der Waals surface area contributed by atoms with Crippen molar-refractivity contribution in [3.63, 3.8) is 0 Å². The maximum atomic E-state index is 12.9. The highest BCUT2D eigenvalue weighted by Gasteiger charge is 2.39. The number of hydrogen-bond acceptors (Lipinski definition) is 3. The number of rotatable bonds is 3. The third-order valence-corrected chi connectivity index (χ3v) is 4.12. The quantitative estimate of drug-likeness (QED) is 0.901. The molecular weight excluding hydrogens is 297 g/mol. The molecule has 0 aromatic heterocycles. The zero-order valence-corrected chi connectivity index (χ0v) is 12.3. The molecule has 1 fully saturated rings. The van der Waals surface area contributed by atoms with E-state index in [1.807, 2.05) is 0 Å². The largest absolute Gasteiger partial charge is 0.416 e. The number of carbonyl (C=O) groups excluding carboxylic acids is 1. The molecule has 22 heavy (non-hydrogen) atoms. The van der Waals surface area contributed by atoms with E-state index in [-0.39, 0.29) is 23.7 Å². The SMILES string of the molecule is Cc1ccc(NC(=O)C2(CN)CCOCC2)cc1C(F)(F)F. The molecule has 1 aliphatic rings. The Hall–Kier alpha value is -1.60. The lowest BCUT2D eigenvalue weighted by Crippen LogP contribution is -2.46. The Kier molecular flexibility index (Phi) is 4.77. The first-order valence-corrected chi connectivity index (χ1v) is 7.06. The van der Waals surface area contributed by atoms with Crippen molar-refractivity contribution in [2.75, 3.05) is 25.1 Å². The maximum absolute atomic E-state index is 12.9. The van der Waals surface area contributed by atoms with Gasteiger partial charge in [-0.05, 0) is 37.5 Å². The van der Waals surface area contributed by atoms with Crippen molar-refractivity contribution in [3.8, 4) is 0 Å². The fourth-order valence-corrected chi connectivity index (χ4v) is 2.55. The van der Waals surface area contributed by atoms with E-state index >= 15 is 0 Å². The summed E-state index contributed by atoms with van der Waals surface area (Å²) in [5, 5.41) is 2.57. The number of hydrogen-bond donors (Lipinski definition) is 2. The highest BCUT2D eigenvalue weighted by atomic mass is 19.4. The Bertz CT molecular complexity index is 552. The van der Waals surface area contributed by atoms with Gasteiger partial charge >= 0.3 is 6.18 Å². The van der Waals surface area contributed by atoms with E-state index in [1.54, 1.807) is 0 Å². The first-order valence-electron chi connectivity index (χ1n) is 7.06. The van der Waals surface area contributed by atoms with Crippen LogP contribution in [0.4, 0.5) is 18.9 Å². The fourth-order valence-electron chi connectivity index (χ4n) is 2.55. The predicted molar refractivity (Wildman–Crippen MR) is 76.4 cm³/mol. The summed E-state index contributed by atoms with van der Waals surface area (Å²) in [7, 11) is 0. The molecule has 0 saturated carbocycles. The van der Waals surface area contributed by atoms with Gasteiger partial charge in [0.15, 0.2) is 0 Å². The summed E-state index contributed by atoms with van der Waals surface area (Å²) in [6.45, 7) is 2.37. The molecule has 0 bridgehead atoms. The van der Waals surface area contributed by atoms with Crippen LogP contribution in [0.15, 0.2) is 18.2 Å². The minimum atomic E-state index is -4.45. The summed E-state index contributed by atoms with van der Waals surface area (Å²) in [5.74, 6) is -0.352. The fraction of sp³-hybridized carbons (Fsp3) is 0.533. The lowest BCUT2D eigenvalue weighted by atomic mass is 9.79. The Morgan fingerprint density at radius 3 is 2.55 bits per heavy atom. The van der Waals surface area contributed by atoms with Crippen molar-refractivity contribution in [2.45, 2.75) is 25.9 Å². The molecule has 0 atom stereocenters. The van der Waals surface area contributed by atoms with E-state index in [0.717, 1.165) is 6.07 Å². The Labute approximate surface area is 126 Å². The zero-order valence-electron chi connectivity index (χ0n) is 12.3. The first kappa shape index (κ1) is 16.8. The van der Waals surface area contributed by atoms with Crippen LogP contribution in [-0.2, 0) is 15.7 Å². The van der Waals surface area contributed by atoms with Gasteiger partial charge < -0.3 is 15.8 Å². The van der Waals surface area contributed by atoms with E-state index in [9.17, 15) is 18.0 Å². The molecule has 4 nitrogen and oxygen atoms in total. The number of nitrogens with two attached hydrogens (primary N) is 1. The second-order valence-corrected chi connectivity index (χ2v) is 5.58. The van der Waals surface area contributed by atoms with Crippen LogP contribution in [0, 0.1) is 12.3 Å². The molecule has 0 spiro atoms. The highest BCUT2D eigenvalue weighted by molar-refractivity contribution is 5.95. The Balaban J connectivity index is 2.21. The summed E-state index contributed by atoms with van der Waals surface area (Å²) in [5.41, 5.74) is 4.44. The van der Waals surface area contributed by atoms with Gasteiger partial charge in [-0.1, -0.05) is 6.07 Å². The van der Waals surface area contributed by atoms with Gasteiger partial charge in [-0.15, -0.1) is 0 Å². The van der Waals surface area contributed by atoms with Gasteiger partial charge in [0, 0.05) is 25.4 Å². The second-order valence-electron chi connectivity index (χ2n) is 5.58. The number of alkyl halides is 3. The molecule has 1 aromatic rings. The first-order chi connectivity index (χ1) is 10.3. The molecule has 1 heterocycles. The van der Waals surface area contributed by atoms with Crippen LogP contribution < -0.4 is 11.1 Å². The van der Waals surface area contributed by atoms with Crippen LogP contribution in [0.25, 0.3) is 0 Å². The molecule has 7 heteroatoms. The minimum absolute atomic E-state index is 0.116. The monoisotopic (exact) mass is 316 g/mol. The van der Waals surface area contributed by atoms with Gasteiger partial charge in [0.25, 0.3) is 0 Å². The minimum Gasteiger partial charge on any atom is -0.381 e. The molecule has 0 aliphatic carbocycles. The highest BCUT2D eigenvalue weighted by Crippen LogP contribution is 2.35. The summed E-state index contributed by atoms with van der Waals surface area (Å²) in [6, 6.07) is 3.76. The smallest absolute Gasteiger partial charge is 0.381 e. The molecular formula is C15H19F3N2O2. The lowest BCUT2D eigenvalue weighted by Gasteiger charge is -2.34. The van der Waals surface area contributed by atoms with Gasteiger partial charge in [-0.3, -0.25) is 4.79 Å². The van der Waals surface area contributed by atoms with Crippen LogP contribution in [0.5, 0.6) is 0 Å². The normalized spacial score (nSPS) is 18.0.